The second-order valence-corrected chi connectivity index (χ2v) is 9.77. The van der Waals surface area contributed by atoms with Crippen LogP contribution < -0.4 is 20.5 Å². The molecule has 37 heavy (non-hydrogen) atoms. The molecule has 1 N–H and O–H groups in total. The number of carbonyl (C=O) groups excluding carboxylic acids is 1. The summed E-state index contributed by atoms with van der Waals surface area (Å²) in [4.78, 5) is 37.2. The van der Waals surface area contributed by atoms with Crippen LogP contribution in [0, 0.1) is 5.92 Å². The highest BCUT2D eigenvalue weighted by Gasteiger charge is 2.26. The summed E-state index contributed by atoms with van der Waals surface area (Å²) in [6.45, 7) is 2.07. The van der Waals surface area contributed by atoms with Crippen LogP contribution in [0.15, 0.2) is 71.1 Å². The number of amides is 1. The predicted octanol–water partition coefficient (Wildman–Crippen LogP) is 3.47. The lowest BCUT2D eigenvalue weighted by molar-refractivity contribution is -0.125. The van der Waals surface area contributed by atoms with E-state index in [4.69, 9.17) is 4.74 Å². The van der Waals surface area contributed by atoms with Crippen molar-refractivity contribution >= 4 is 23.1 Å². The van der Waals surface area contributed by atoms with Crippen LogP contribution in [0.2, 0.25) is 0 Å². The van der Waals surface area contributed by atoms with E-state index in [0.29, 0.717) is 19.6 Å². The number of hydrogen-bond donors (Lipinski definition) is 1. The van der Waals surface area contributed by atoms with E-state index in [0.717, 1.165) is 52.8 Å². The van der Waals surface area contributed by atoms with Crippen molar-refractivity contribution in [2.75, 3.05) is 31.6 Å². The molecule has 1 fully saturated rings. The van der Waals surface area contributed by atoms with Gasteiger partial charge in [-0.25, -0.2) is 14.6 Å². The molecule has 0 aliphatic carbocycles. The normalized spacial score (nSPS) is 15.4. The quantitative estimate of drug-likeness (QED) is 0.383. The third kappa shape index (κ3) is 5.86. The van der Waals surface area contributed by atoms with Gasteiger partial charge in [0.15, 0.2) is 0 Å². The van der Waals surface area contributed by atoms with Crippen molar-refractivity contribution in [2.45, 2.75) is 19.4 Å². The second kappa shape index (κ2) is 11.3. The molecule has 4 heterocycles. The van der Waals surface area contributed by atoms with Crippen molar-refractivity contribution in [2.24, 2.45) is 5.92 Å². The molecule has 1 aliphatic rings. The maximum Gasteiger partial charge on any atom is 0.266 e. The van der Waals surface area contributed by atoms with Crippen molar-refractivity contribution in [3.63, 3.8) is 0 Å². The lowest BCUT2D eigenvalue weighted by atomic mass is 9.97. The Kier molecular flexibility index (Phi) is 7.55. The molecule has 1 saturated heterocycles. The Balaban J connectivity index is 1.19. The summed E-state index contributed by atoms with van der Waals surface area (Å²) in [5.74, 6) is 1.42. The van der Waals surface area contributed by atoms with Gasteiger partial charge in [0, 0.05) is 37.3 Å². The monoisotopic (exact) mass is 516 g/mol. The molecule has 10 heteroatoms. The maximum atomic E-state index is 13.0. The zero-order valence-electron chi connectivity index (χ0n) is 20.5. The van der Waals surface area contributed by atoms with Gasteiger partial charge in [-0.1, -0.05) is 6.07 Å². The SMILES string of the molecule is COc1ccc(-c2cc(N3CCCC(C(=O)NCCn4nc(-c5cccs5)ccc4=O)C3)ncn2)cc1. The number of aromatic nitrogens is 4. The molecule has 1 aromatic carbocycles. The molecule has 3 aromatic heterocycles. The molecule has 0 radical (unpaired) electrons. The number of thiophene rings is 1. The van der Waals surface area contributed by atoms with Crippen LogP contribution in [0.25, 0.3) is 21.8 Å². The highest BCUT2D eigenvalue weighted by molar-refractivity contribution is 7.13. The van der Waals surface area contributed by atoms with Gasteiger partial charge >= 0.3 is 0 Å². The van der Waals surface area contributed by atoms with Crippen molar-refractivity contribution in [1.82, 2.24) is 25.1 Å². The van der Waals surface area contributed by atoms with Crippen LogP contribution in [0.5, 0.6) is 5.75 Å². The molecule has 1 amide bonds. The molecule has 0 bridgehead atoms. The lowest BCUT2D eigenvalue weighted by Gasteiger charge is -2.33. The second-order valence-electron chi connectivity index (χ2n) is 8.82. The molecule has 5 rings (SSSR count). The summed E-state index contributed by atoms with van der Waals surface area (Å²) >= 11 is 1.57. The Morgan fingerprint density at radius 3 is 2.78 bits per heavy atom. The summed E-state index contributed by atoms with van der Waals surface area (Å²) in [6.07, 6.45) is 3.27. The minimum absolute atomic E-state index is 0.0170. The summed E-state index contributed by atoms with van der Waals surface area (Å²) in [5, 5.41) is 9.42. The lowest BCUT2D eigenvalue weighted by Crippen LogP contribution is -2.44. The first-order valence-electron chi connectivity index (χ1n) is 12.2. The van der Waals surface area contributed by atoms with Gasteiger partial charge in [-0.05, 0) is 54.6 Å². The average molecular weight is 517 g/mol. The van der Waals surface area contributed by atoms with Crippen LogP contribution >= 0.6 is 11.3 Å². The Hall–Kier alpha value is -4.05. The minimum atomic E-state index is -0.185. The van der Waals surface area contributed by atoms with Crippen molar-refractivity contribution in [3.8, 4) is 27.6 Å². The van der Waals surface area contributed by atoms with Crippen molar-refractivity contribution in [1.29, 1.82) is 0 Å². The number of anilines is 1. The molecular weight excluding hydrogens is 488 g/mol. The predicted molar refractivity (Wildman–Crippen MR) is 144 cm³/mol. The Morgan fingerprint density at radius 1 is 1.14 bits per heavy atom. The van der Waals surface area contributed by atoms with Gasteiger partial charge < -0.3 is 15.0 Å². The highest BCUT2D eigenvalue weighted by atomic mass is 32.1. The minimum Gasteiger partial charge on any atom is -0.497 e. The molecule has 4 aromatic rings. The number of ether oxygens (including phenoxy) is 1. The van der Waals surface area contributed by atoms with Crippen molar-refractivity contribution in [3.05, 3.63) is 76.7 Å². The first-order chi connectivity index (χ1) is 18.1. The van der Waals surface area contributed by atoms with Gasteiger partial charge in [0.05, 0.1) is 30.1 Å². The maximum absolute atomic E-state index is 13.0. The third-order valence-electron chi connectivity index (χ3n) is 6.42. The summed E-state index contributed by atoms with van der Waals surface area (Å²) < 4.78 is 6.65. The van der Waals surface area contributed by atoms with Crippen LogP contribution in [0.4, 0.5) is 5.82 Å². The molecule has 1 aliphatic heterocycles. The fraction of sp³-hybridized carbons (Fsp3) is 0.296. The number of nitrogens with zero attached hydrogens (tertiary/aromatic N) is 5. The Bertz CT molecular complexity index is 1400. The van der Waals surface area contributed by atoms with E-state index in [2.05, 4.69) is 25.3 Å². The van der Waals surface area contributed by atoms with Crippen LogP contribution in [0.1, 0.15) is 12.8 Å². The number of piperidine rings is 1. The zero-order chi connectivity index (χ0) is 25.6. The summed E-state index contributed by atoms with van der Waals surface area (Å²) in [6, 6.07) is 16.9. The van der Waals surface area contributed by atoms with Crippen LogP contribution in [-0.4, -0.2) is 52.4 Å². The molecule has 1 unspecified atom stereocenters. The Morgan fingerprint density at radius 2 is 2.00 bits per heavy atom. The first kappa shape index (κ1) is 24.6. The van der Waals surface area contributed by atoms with E-state index in [1.165, 1.54) is 10.7 Å². The van der Waals surface area contributed by atoms with Gasteiger partial charge in [-0.15, -0.1) is 11.3 Å². The average Bonchev–Trinajstić information content (AvgIpc) is 3.49. The van der Waals surface area contributed by atoms with Gasteiger partial charge in [-0.2, -0.15) is 5.10 Å². The highest BCUT2D eigenvalue weighted by Crippen LogP contribution is 2.26. The Labute approximate surface area is 218 Å². The number of methoxy groups -OCH3 is 1. The van der Waals surface area contributed by atoms with E-state index in [-0.39, 0.29) is 17.4 Å². The number of nitrogens with one attached hydrogen (secondary N) is 1. The smallest absolute Gasteiger partial charge is 0.266 e. The molecule has 0 spiro atoms. The molecule has 1 atom stereocenters. The number of benzene rings is 1. The van der Waals surface area contributed by atoms with E-state index in [9.17, 15) is 9.59 Å². The largest absolute Gasteiger partial charge is 0.497 e. The molecule has 0 saturated carbocycles. The number of carbonyl (C=O) groups is 1. The summed E-state index contributed by atoms with van der Waals surface area (Å²) in [5.41, 5.74) is 2.36. The molecular formula is C27H28N6O3S. The zero-order valence-corrected chi connectivity index (χ0v) is 21.4. The van der Waals surface area contributed by atoms with E-state index in [1.54, 1.807) is 30.8 Å². The van der Waals surface area contributed by atoms with E-state index in [1.807, 2.05) is 47.8 Å². The topological polar surface area (TPSA) is 102 Å². The first-order valence-corrected chi connectivity index (χ1v) is 13.1. The third-order valence-corrected chi connectivity index (χ3v) is 7.31. The standard InChI is InChI=1S/C27H28N6O3S/c1-36-21-8-6-19(7-9-21)23-16-25(30-18-29-23)32-13-2-4-20(17-32)27(35)28-12-14-33-26(34)11-10-22(31-33)24-5-3-15-37-24/h3,5-11,15-16,18,20H,2,4,12-14,17H2,1H3,(H,28,35). The fourth-order valence-corrected chi connectivity index (χ4v) is 5.12. The molecule has 9 nitrogen and oxygen atoms in total. The van der Waals surface area contributed by atoms with Crippen molar-refractivity contribution < 1.29 is 9.53 Å². The van der Waals surface area contributed by atoms with Gasteiger partial charge in [-0.3, -0.25) is 9.59 Å². The van der Waals surface area contributed by atoms with E-state index < -0.39 is 0 Å². The van der Waals surface area contributed by atoms with E-state index >= 15 is 0 Å². The number of hydrogen-bond acceptors (Lipinski definition) is 8. The summed E-state index contributed by atoms with van der Waals surface area (Å²) in [7, 11) is 1.64. The fourth-order valence-electron chi connectivity index (χ4n) is 4.43. The van der Waals surface area contributed by atoms with Crippen LogP contribution in [0.3, 0.4) is 0 Å². The van der Waals surface area contributed by atoms with Gasteiger partial charge in [0.1, 0.15) is 23.6 Å². The molecule has 190 valence electrons. The van der Waals surface area contributed by atoms with Crippen LogP contribution in [-0.2, 0) is 11.3 Å². The number of rotatable bonds is 8. The van der Waals surface area contributed by atoms with Gasteiger partial charge in [0.25, 0.3) is 5.56 Å². The van der Waals surface area contributed by atoms with Gasteiger partial charge in [0.2, 0.25) is 5.91 Å².